The molecule has 7 nitrogen and oxygen atoms in total. The third kappa shape index (κ3) is 3.75. The van der Waals surface area contributed by atoms with E-state index in [-0.39, 0.29) is 17.5 Å². The molecule has 0 aliphatic heterocycles. The van der Waals surface area contributed by atoms with Crippen molar-refractivity contribution in [2.75, 3.05) is 5.32 Å². The molecule has 0 saturated heterocycles. The predicted octanol–water partition coefficient (Wildman–Crippen LogP) is 4.06. The van der Waals surface area contributed by atoms with Gasteiger partial charge < -0.3 is 20.0 Å². The third-order valence-corrected chi connectivity index (χ3v) is 4.35. The summed E-state index contributed by atoms with van der Waals surface area (Å²) in [5.74, 6) is 0.401. The number of anilines is 1. The van der Waals surface area contributed by atoms with Crippen LogP contribution in [0.25, 0.3) is 11.0 Å². The van der Waals surface area contributed by atoms with Crippen molar-refractivity contribution in [2.24, 2.45) is 0 Å². The molecule has 8 heteroatoms. The van der Waals surface area contributed by atoms with E-state index in [0.717, 1.165) is 4.47 Å². The van der Waals surface area contributed by atoms with Crippen LogP contribution >= 0.6 is 15.9 Å². The number of nitrogens with one attached hydrogen (secondary N) is 3. The zero-order chi connectivity index (χ0) is 18.8. The van der Waals surface area contributed by atoms with Crippen LogP contribution < -0.4 is 15.7 Å². The van der Waals surface area contributed by atoms with Crippen LogP contribution in [-0.4, -0.2) is 20.9 Å². The molecule has 0 fully saturated rings. The van der Waals surface area contributed by atoms with Crippen LogP contribution in [0.2, 0.25) is 0 Å². The summed E-state index contributed by atoms with van der Waals surface area (Å²) >= 11 is 3.36. The molecule has 0 bridgehead atoms. The van der Waals surface area contributed by atoms with Crippen molar-refractivity contribution in [1.82, 2.24) is 15.0 Å². The number of halogens is 1. The Kier molecular flexibility index (Phi) is 4.47. The maximum atomic E-state index is 12.7. The van der Waals surface area contributed by atoms with E-state index in [1.54, 1.807) is 48.7 Å². The Morgan fingerprint density at radius 3 is 2.63 bits per heavy atom. The molecule has 0 saturated carbocycles. The van der Waals surface area contributed by atoms with E-state index < -0.39 is 0 Å². The first-order valence-electron chi connectivity index (χ1n) is 8.00. The van der Waals surface area contributed by atoms with Gasteiger partial charge >= 0.3 is 5.69 Å². The van der Waals surface area contributed by atoms with Gasteiger partial charge in [-0.2, -0.15) is 0 Å². The summed E-state index contributed by atoms with van der Waals surface area (Å²) in [5.41, 5.74) is 1.81. The van der Waals surface area contributed by atoms with Gasteiger partial charge in [0.05, 0.1) is 11.0 Å². The summed E-state index contributed by atoms with van der Waals surface area (Å²) in [6, 6.07) is 15.6. The Hall–Kier alpha value is -3.39. The number of carbonyl (C=O) groups is 1. The second kappa shape index (κ2) is 7.08. The van der Waals surface area contributed by atoms with E-state index in [9.17, 15) is 9.59 Å². The maximum Gasteiger partial charge on any atom is 0.323 e. The fraction of sp³-hybridized carbons (Fsp3) is 0. The molecule has 2 aromatic heterocycles. The fourth-order valence-corrected chi connectivity index (χ4v) is 2.83. The first-order valence-corrected chi connectivity index (χ1v) is 8.80. The summed E-state index contributed by atoms with van der Waals surface area (Å²) < 4.78 is 6.67. The molecule has 2 aromatic carbocycles. The van der Waals surface area contributed by atoms with E-state index in [4.69, 9.17) is 4.74 Å². The number of nitrogens with zero attached hydrogens (tertiary/aromatic N) is 1. The maximum absolute atomic E-state index is 12.7. The Morgan fingerprint density at radius 1 is 1.04 bits per heavy atom. The Labute approximate surface area is 161 Å². The highest BCUT2D eigenvalue weighted by Crippen LogP contribution is 2.25. The zero-order valence-corrected chi connectivity index (χ0v) is 15.4. The smallest absolute Gasteiger partial charge is 0.323 e. The quantitative estimate of drug-likeness (QED) is 0.459. The second-order valence-electron chi connectivity index (χ2n) is 5.71. The Balaban J connectivity index is 1.59. The number of hydrogen-bond acceptors (Lipinski definition) is 4. The lowest BCUT2D eigenvalue weighted by atomic mass is 10.2. The first kappa shape index (κ1) is 17.0. The average molecular weight is 425 g/mol. The largest absolute Gasteiger partial charge is 0.438 e. The van der Waals surface area contributed by atoms with Gasteiger partial charge in [-0.3, -0.25) is 4.79 Å². The van der Waals surface area contributed by atoms with Crippen LogP contribution in [0.15, 0.2) is 70.1 Å². The SMILES string of the molecule is O=C(Nc1ccc2[nH]c(=O)[nH]c2c1)c1cccnc1Oc1ccc(Br)cc1. The van der Waals surface area contributed by atoms with Crippen LogP contribution in [0.1, 0.15) is 10.4 Å². The summed E-state index contributed by atoms with van der Waals surface area (Å²) in [7, 11) is 0. The molecule has 0 aliphatic rings. The summed E-state index contributed by atoms with van der Waals surface area (Å²) in [6.45, 7) is 0. The molecule has 0 aliphatic carbocycles. The minimum absolute atomic E-state index is 0.202. The highest BCUT2D eigenvalue weighted by atomic mass is 79.9. The lowest BCUT2D eigenvalue weighted by molar-refractivity contribution is 0.102. The summed E-state index contributed by atoms with van der Waals surface area (Å²) in [5, 5.41) is 2.79. The lowest BCUT2D eigenvalue weighted by Crippen LogP contribution is -2.13. The van der Waals surface area contributed by atoms with E-state index in [2.05, 4.69) is 36.2 Å². The highest BCUT2D eigenvalue weighted by Gasteiger charge is 2.15. The molecule has 3 N–H and O–H groups in total. The Bertz CT molecular complexity index is 1180. The van der Waals surface area contributed by atoms with Crippen molar-refractivity contribution in [3.63, 3.8) is 0 Å². The van der Waals surface area contributed by atoms with Crippen molar-refractivity contribution >= 4 is 38.6 Å². The van der Waals surface area contributed by atoms with Gasteiger partial charge in [0.15, 0.2) is 0 Å². The number of aromatic amines is 2. The molecule has 0 radical (unpaired) electrons. The normalized spacial score (nSPS) is 10.7. The van der Waals surface area contributed by atoms with Crippen LogP contribution in [0.3, 0.4) is 0 Å². The van der Waals surface area contributed by atoms with Crippen LogP contribution in [0.4, 0.5) is 5.69 Å². The van der Waals surface area contributed by atoms with Crippen molar-refractivity contribution in [3.8, 4) is 11.6 Å². The molecule has 4 rings (SSSR count). The summed E-state index contributed by atoms with van der Waals surface area (Å²) in [6.07, 6.45) is 1.56. The number of ether oxygens (including phenoxy) is 1. The molecule has 27 heavy (non-hydrogen) atoms. The minimum Gasteiger partial charge on any atom is -0.438 e. The van der Waals surface area contributed by atoms with Gasteiger partial charge in [-0.1, -0.05) is 15.9 Å². The third-order valence-electron chi connectivity index (χ3n) is 3.82. The van der Waals surface area contributed by atoms with E-state index in [1.807, 2.05) is 12.1 Å². The number of aromatic nitrogens is 3. The van der Waals surface area contributed by atoms with Gasteiger partial charge in [0.1, 0.15) is 11.3 Å². The molecule has 1 amide bonds. The standard InChI is InChI=1S/C19H13BrN4O3/c20-11-3-6-13(7-4-11)27-18-14(2-1-9-21-18)17(25)22-12-5-8-15-16(10-12)24-19(26)23-15/h1-10H,(H,22,25)(H2,23,24,26). The van der Waals surface area contributed by atoms with Gasteiger partial charge in [-0.15, -0.1) is 0 Å². The molecule has 134 valence electrons. The highest BCUT2D eigenvalue weighted by molar-refractivity contribution is 9.10. The van der Waals surface area contributed by atoms with Crippen molar-refractivity contribution in [3.05, 3.63) is 81.3 Å². The van der Waals surface area contributed by atoms with Crippen LogP contribution in [0, 0.1) is 0 Å². The molecule has 0 atom stereocenters. The van der Waals surface area contributed by atoms with Gasteiger partial charge in [0, 0.05) is 16.4 Å². The molecule has 0 unspecified atom stereocenters. The molecule has 2 heterocycles. The summed E-state index contributed by atoms with van der Waals surface area (Å²) in [4.78, 5) is 33.5. The molecule has 4 aromatic rings. The van der Waals surface area contributed by atoms with Crippen LogP contribution in [0.5, 0.6) is 11.6 Å². The number of fused-ring (bicyclic) bond motifs is 1. The number of rotatable bonds is 4. The number of imidazole rings is 1. The monoisotopic (exact) mass is 424 g/mol. The number of amides is 1. The molecule has 0 spiro atoms. The lowest BCUT2D eigenvalue weighted by Gasteiger charge is -2.10. The Morgan fingerprint density at radius 2 is 1.81 bits per heavy atom. The average Bonchev–Trinajstić information content (AvgIpc) is 3.03. The minimum atomic E-state index is -0.368. The number of carbonyl (C=O) groups excluding carboxylic acids is 1. The van der Waals surface area contributed by atoms with E-state index >= 15 is 0 Å². The topological polar surface area (TPSA) is 99.9 Å². The van der Waals surface area contributed by atoms with Crippen LogP contribution in [-0.2, 0) is 0 Å². The van der Waals surface area contributed by atoms with Crippen molar-refractivity contribution in [2.45, 2.75) is 0 Å². The van der Waals surface area contributed by atoms with Gasteiger partial charge in [0.2, 0.25) is 5.88 Å². The van der Waals surface area contributed by atoms with Crippen molar-refractivity contribution in [1.29, 1.82) is 0 Å². The number of hydrogen-bond donors (Lipinski definition) is 3. The van der Waals surface area contributed by atoms with E-state index in [0.29, 0.717) is 28.0 Å². The molecular formula is C19H13BrN4O3. The predicted molar refractivity (Wildman–Crippen MR) is 105 cm³/mol. The zero-order valence-electron chi connectivity index (χ0n) is 13.8. The molecular weight excluding hydrogens is 412 g/mol. The first-order chi connectivity index (χ1) is 13.1. The number of H-pyrrole nitrogens is 2. The fourth-order valence-electron chi connectivity index (χ4n) is 2.57. The van der Waals surface area contributed by atoms with Gasteiger partial charge in [-0.05, 0) is 54.6 Å². The number of pyridine rings is 1. The van der Waals surface area contributed by atoms with Gasteiger partial charge in [-0.25, -0.2) is 9.78 Å². The van der Waals surface area contributed by atoms with E-state index in [1.165, 1.54) is 0 Å². The number of benzene rings is 2. The van der Waals surface area contributed by atoms with Crippen molar-refractivity contribution < 1.29 is 9.53 Å². The second-order valence-corrected chi connectivity index (χ2v) is 6.62. The van der Waals surface area contributed by atoms with Gasteiger partial charge in [0.25, 0.3) is 5.91 Å².